The Kier molecular flexibility index (Phi) is 4.98. The van der Waals surface area contributed by atoms with Gasteiger partial charge in [0.1, 0.15) is 0 Å². The van der Waals surface area contributed by atoms with Gasteiger partial charge < -0.3 is 0 Å². The Bertz CT molecular complexity index is 1170. The Hall–Kier alpha value is -4.07. The summed E-state index contributed by atoms with van der Waals surface area (Å²) in [4.78, 5) is 33.6. The highest BCUT2D eigenvalue weighted by atomic mass is 16.2. The van der Waals surface area contributed by atoms with E-state index in [2.05, 4.69) is 25.9 Å². The van der Waals surface area contributed by atoms with Crippen molar-refractivity contribution in [1.29, 1.82) is 0 Å². The van der Waals surface area contributed by atoms with Gasteiger partial charge in [-0.05, 0) is 25.1 Å². The lowest BCUT2D eigenvalue weighted by Crippen LogP contribution is -2.41. The van der Waals surface area contributed by atoms with E-state index in [-0.39, 0.29) is 0 Å². The maximum Gasteiger partial charge on any atom is 0.271 e. The van der Waals surface area contributed by atoms with E-state index in [4.69, 9.17) is 0 Å². The Morgan fingerprint density at radius 1 is 1.00 bits per heavy atom. The normalized spacial score (nSPS) is 10.7. The molecule has 4 aromatic rings. The van der Waals surface area contributed by atoms with Crippen molar-refractivity contribution in [3.63, 3.8) is 0 Å². The molecule has 8 heteroatoms. The monoisotopic (exact) mass is 386 g/mol. The van der Waals surface area contributed by atoms with Gasteiger partial charge in [-0.25, -0.2) is 9.67 Å². The summed E-state index contributed by atoms with van der Waals surface area (Å²) in [5, 5.41) is 4.92. The molecule has 0 saturated heterocycles. The van der Waals surface area contributed by atoms with Gasteiger partial charge >= 0.3 is 0 Å². The van der Waals surface area contributed by atoms with Gasteiger partial charge in [-0.2, -0.15) is 5.10 Å². The predicted octanol–water partition coefficient (Wildman–Crippen LogP) is 2.59. The molecule has 0 saturated carbocycles. The van der Waals surface area contributed by atoms with Crippen molar-refractivity contribution in [2.24, 2.45) is 0 Å². The molecule has 4 rings (SSSR count). The predicted molar refractivity (Wildman–Crippen MR) is 108 cm³/mol. The van der Waals surface area contributed by atoms with E-state index in [0.29, 0.717) is 34.4 Å². The third kappa shape index (κ3) is 3.68. The average Bonchev–Trinajstić information content (AvgIpc) is 3.21. The second-order valence-corrected chi connectivity index (χ2v) is 6.27. The van der Waals surface area contributed by atoms with Crippen LogP contribution in [-0.4, -0.2) is 31.6 Å². The number of pyridine rings is 2. The summed E-state index contributed by atoms with van der Waals surface area (Å²) >= 11 is 0. The first-order chi connectivity index (χ1) is 14.2. The summed E-state index contributed by atoms with van der Waals surface area (Å²) in [7, 11) is 0. The molecule has 0 bridgehead atoms. The molecule has 1 aromatic carbocycles. The molecular formula is C21H18N6O2. The second kappa shape index (κ2) is 7.89. The Morgan fingerprint density at radius 2 is 1.79 bits per heavy atom. The van der Waals surface area contributed by atoms with Crippen LogP contribution in [0.15, 0.2) is 67.1 Å². The quantitative estimate of drug-likeness (QED) is 0.525. The number of hydrogen-bond donors (Lipinski definition) is 2. The molecule has 0 atom stereocenters. The number of hydrazine groups is 1. The van der Waals surface area contributed by atoms with Crippen molar-refractivity contribution in [1.82, 2.24) is 30.6 Å². The number of aromatic nitrogens is 4. The van der Waals surface area contributed by atoms with Crippen LogP contribution in [-0.2, 0) is 6.54 Å². The van der Waals surface area contributed by atoms with Crippen LogP contribution in [0.3, 0.4) is 0 Å². The summed E-state index contributed by atoms with van der Waals surface area (Å²) < 4.78 is 1.73. The van der Waals surface area contributed by atoms with Gasteiger partial charge in [-0.15, -0.1) is 0 Å². The Labute approximate surface area is 166 Å². The minimum atomic E-state index is -0.456. The van der Waals surface area contributed by atoms with Crippen LogP contribution in [0.2, 0.25) is 0 Å². The third-order valence-corrected chi connectivity index (χ3v) is 4.44. The van der Waals surface area contributed by atoms with Gasteiger partial charge in [0.25, 0.3) is 11.8 Å². The van der Waals surface area contributed by atoms with Crippen LogP contribution in [0.5, 0.6) is 0 Å². The first kappa shape index (κ1) is 18.3. The summed E-state index contributed by atoms with van der Waals surface area (Å²) in [5.41, 5.74) is 7.74. The number of carbonyl (C=O) groups is 2. The molecular weight excluding hydrogens is 368 g/mol. The lowest BCUT2D eigenvalue weighted by atomic mass is 10.1. The van der Waals surface area contributed by atoms with Gasteiger partial charge in [0.05, 0.1) is 28.4 Å². The smallest absolute Gasteiger partial charge is 0.267 e. The first-order valence-corrected chi connectivity index (χ1v) is 9.10. The van der Waals surface area contributed by atoms with Crippen LogP contribution in [0.4, 0.5) is 0 Å². The SMILES string of the molecule is CCn1ncc2c(C(=O)NNC(=O)c3cccnc3)cc(-c3ccccc3)nc21. The molecule has 3 aromatic heterocycles. The molecule has 2 amide bonds. The fraction of sp³-hybridized carbons (Fsp3) is 0.0952. The number of nitrogens with one attached hydrogen (secondary N) is 2. The highest BCUT2D eigenvalue weighted by molar-refractivity contribution is 6.07. The number of nitrogens with zero attached hydrogens (tertiary/aromatic N) is 4. The molecule has 0 radical (unpaired) electrons. The first-order valence-electron chi connectivity index (χ1n) is 9.10. The van der Waals surface area contributed by atoms with E-state index in [9.17, 15) is 9.59 Å². The van der Waals surface area contributed by atoms with Crippen molar-refractivity contribution in [2.45, 2.75) is 13.5 Å². The van der Waals surface area contributed by atoms with Crippen LogP contribution in [0, 0.1) is 0 Å². The average molecular weight is 386 g/mol. The number of fused-ring (bicyclic) bond motifs is 1. The fourth-order valence-electron chi connectivity index (χ4n) is 2.97. The standard InChI is InChI=1S/C21H18N6O2/c1-2-27-19-17(13-23-27)16(11-18(24-19)14-7-4-3-5-8-14)21(29)26-25-20(28)15-9-6-10-22-12-15/h3-13H,2H2,1H3,(H,25,28)(H,26,29). The Balaban J connectivity index is 1.67. The van der Waals surface area contributed by atoms with E-state index in [1.54, 1.807) is 35.3 Å². The number of hydrogen-bond acceptors (Lipinski definition) is 5. The number of rotatable bonds is 4. The molecule has 8 nitrogen and oxygen atoms in total. The van der Waals surface area contributed by atoms with Crippen molar-refractivity contribution >= 4 is 22.8 Å². The topological polar surface area (TPSA) is 102 Å². The van der Waals surface area contributed by atoms with E-state index in [1.807, 2.05) is 37.3 Å². The number of benzene rings is 1. The molecule has 2 N–H and O–H groups in total. The van der Waals surface area contributed by atoms with Crippen molar-refractivity contribution in [2.75, 3.05) is 0 Å². The van der Waals surface area contributed by atoms with E-state index >= 15 is 0 Å². The van der Waals surface area contributed by atoms with Gasteiger partial charge in [0.2, 0.25) is 0 Å². The maximum atomic E-state index is 12.9. The zero-order chi connectivity index (χ0) is 20.2. The second-order valence-electron chi connectivity index (χ2n) is 6.27. The lowest BCUT2D eigenvalue weighted by molar-refractivity contribution is 0.0847. The van der Waals surface area contributed by atoms with E-state index in [1.165, 1.54) is 6.20 Å². The van der Waals surface area contributed by atoms with Gasteiger partial charge in [-0.1, -0.05) is 30.3 Å². The van der Waals surface area contributed by atoms with Crippen LogP contribution >= 0.6 is 0 Å². The maximum absolute atomic E-state index is 12.9. The molecule has 0 unspecified atom stereocenters. The van der Waals surface area contributed by atoms with Gasteiger partial charge in [0.15, 0.2) is 5.65 Å². The summed E-state index contributed by atoms with van der Waals surface area (Å²) in [6, 6.07) is 14.5. The van der Waals surface area contributed by atoms with Gasteiger partial charge in [-0.3, -0.25) is 25.4 Å². The highest BCUT2D eigenvalue weighted by Gasteiger charge is 2.18. The summed E-state index contributed by atoms with van der Waals surface area (Å²) in [6.45, 7) is 2.57. The largest absolute Gasteiger partial charge is 0.271 e. The molecule has 29 heavy (non-hydrogen) atoms. The number of aryl methyl sites for hydroxylation is 1. The van der Waals surface area contributed by atoms with Gasteiger partial charge in [0, 0.05) is 24.5 Å². The van der Waals surface area contributed by atoms with Crippen LogP contribution in [0.1, 0.15) is 27.6 Å². The van der Waals surface area contributed by atoms with E-state index < -0.39 is 11.8 Å². The summed E-state index contributed by atoms with van der Waals surface area (Å²) in [5.74, 6) is -0.910. The lowest BCUT2D eigenvalue weighted by Gasteiger charge is -2.10. The molecule has 0 aliphatic heterocycles. The van der Waals surface area contributed by atoms with Crippen LogP contribution in [0.25, 0.3) is 22.3 Å². The minimum Gasteiger partial charge on any atom is -0.267 e. The fourth-order valence-corrected chi connectivity index (χ4v) is 2.97. The third-order valence-electron chi connectivity index (χ3n) is 4.44. The number of carbonyl (C=O) groups excluding carboxylic acids is 2. The molecule has 0 spiro atoms. The van der Waals surface area contributed by atoms with Crippen molar-refractivity contribution in [3.8, 4) is 11.3 Å². The minimum absolute atomic E-state index is 0.344. The molecule has 3 heterocycles. The van der Waals surface area contributed by atoms with Crippen molar-refractivity contribution in [3.05, 3.63) is 78.2 Å². The van der Waals surface area contributed by atoms with E-state index in [0.717, 1.165) is 5.56 Å². The molecule has 0 aliphatic carbocycles. The molecule has 144 valence electrons. The van der Waals surface area contributed by atoms with Crippen molar-refractivity contribution < 1.29 is 9.59 Å². The highest BCUT2D eigenvalue weighted by Crippen LogP contribution is 2.24. The summed E-state index contributed by atoms with van der Waals surface area (Å²) in [6.07, 6.45) is 4.60. The van der Waals surface area contributed by atoms with Crippen LogP contribution < -0.4 is 10.9 Å². The Morgan fingerprint density at radius 3 is 2.52 bits per heavy atom. The molecule has 0 aliphatic rings. The zero-order valence-corrected chi connectivity index (χ0v) is 15.7. The number of amides is 2. The molecule has 0 fully saturated rings. The zero-order valence-electron chi connectivity index (χ0n) is 15.7.